The van der Waals surface area contributed by atoms with Crippen LogP contribution in [0.2, 0.25) is 19.6 Å². The molecule has 0 unspecified atom stereocenters. The van der Waals surface area contributed by atoms with Crippen LogP contribution in [-0.2, 0) is 6.18 Å². The van der Waals surface area contributed by atoms with Crippen LogP contribution in [0.1, 0.15) is 47.8 Å². The second-order valence-electron chi connectivity index (χ2n) is 9.13. The lowest BCUT2D eigenvalue weighted by molar-refractivity contribution is -0.137. The normalized spacial score (nSPS) is 13.5. The molecule has 0 fully saturated rings. The van der Waals surface area contributed by atoms with Crippen molar-refractivity contribution in [3.63, 3.8) is 0 Å². The van der Waals surface area contributed by atoms with Gasteiger partial charge in [-0.15, -0.1) is 0 Å². The highest BCUT2D eigenvalue weighted by Gasteiger charge is 2.34. The van der Waals surface area contributed by atoms with Gasteiger partial charge in [-0.2, -0.15) is 13.2 Å². The number of Topliss-reactive ketones (excluding diaryl/α,β-unsaturated/α-hetero) is 1. The molecule has 2 rings (SSSR count). The average Bonchev–Trinajstić information content (AvgIpc) is 2.57. The van der Waals surface area contributed by atoms with Crippen LogP contribution in [-0.4, -0.2) is 13.9 Å². The Morgan fingerprint density at radius 2 is 1.46 bits per heavy atom. The Labute approximate surface area is 166 Å². The molecule has 0 amide bonds. The first kappa shape index (κ1) is 22.1. The first-order valence-corrected chi connectivity index (χ1v) is 12.8. The van der Waals surface area contributed by atoms with Crippen molar-refractivity contribution in [3.8, 4) is 0 Å². The Kier molecular flexibility index (Phi) is 6.09. The fraction of sp³-hybridized carbons (Fsp3) is 0.348. The fourth-order valence-corrected chi connectivity index (χ4v) is 4.10. The van der Waals surface area contributed by atoms with E-state index in [0.29, 0.717) is 5.56 Å². The molecule has 0 bridgehead atoms. The maximum absolute atomic E-state index is 13.3. The van der Waals surface area contributed by atoms with E-state index in [1.54, 1.807) is 20.8 Å². The molecule has 1 nitrogen and oxygen atoms in total. The molecule has 2 aromatic rings. The summed E-state index contributed by atoms with van der Waals surface area (Å²) in [7, 11) is -1.74. The Bertz CT molecular complexity index is 883. The summed E-state index contributed by atoms with van der Waals surface area (Å²) in [5.74, 6) is -0.300. The van der Waals surface area contributed by atoms with E-state index in [1.807, 2.05) is 30.3 Å². The molecule has 0 aromatic heterocycles. The predicted octanol–water partition coefficient (Wildman–Crippen LogP) is 7.24. The standard InChI is InChI=1S/C23H27F3OSi/c1-22(2,3)21(27)19-14-17(23(24,25)26)12-13-18(19)20(15-28(4,5)6)16-10-8-7-9-11-16/h7-15H,1-6H3/b20-15+. The van der Waals surface area contributed by atoms with Gasteiger partial charge in [-0.25, -0.2) is 0 Å². The SMILES string of the molecule is CC(C)(C)C(=O)c1cc(C(F)(F)F)ccc1/C(=C/[Si](C)(C)C)c1ccccc1. The van der Waals surface area contributed by atoms with Crippen LogP contribution in [0.4, 0.5) is 13.2 Å². The molecule has 0 aliphatic rings. The molecule has 0 heterocycles. The van der Waals surface area contributed by atoms with E-state index in [2.05, 4.69) is 25.3 Å². The molecular formula is C23H27F3OSi. The fourth-order valence-electron chi connectivity index (χ4n) is 2.91. The lowest BCUT2D eigenvalue weighted by Gasteiger charge is -2.23. The van der Waals surface area contributed by atoms with E-state index in [0.717, 1.165) is 23.3 Å². The zero-order valence-electron chi connectivity index (χ0n) is 17.2. The van der Waals surface area contributed by atoms with Crippen LogP contribution in [0.3, 0.4) is 0 Å². The van der Waals surface area contributed by atoms with Crippen molar-refractivity contribution >= 4 is 19.4 Å². The summed E-state index contributed by atoms with van der Waals surface area (Å²) in [4.78, 5) is 13.1. The van der Waals surface area contributed by atoms with Crippen LogP contribution in [0.25, 0.3) is 5.57 Å². The molecular weight excluding hydrogens is 377 g/mol. The Balaban J connectivity index is 2.83. The number of halogens is 3. The number of carbonyl (C=O) groups excluding carboxylic acids is 1. The second-order valence-corrected chi connectivity index (χ2v) is 14.1. The predicted molar refractivity (Wildman–Crippen MR) is 112 cm³/mol. The summed E-state index contributed by atoms with van der Waals surface area (Å²) < 4.78 is 40.0. The third kappa shape index (κ3) is 5.44. The summed E-state index contributed by atoms with van der Waals surface area (Å²) in [6.07, 6.45) is -4.50. The van der Waals surface area contributed by atoms with E-state index in [4.69, 9.17) is 0 Å². The number of hydrogen-bond donors (Lipinski definition) is 0. The van der Waals surface area contributed by atoms with Crippen molar-refractivity contribution in [1.82, 2.24) is 0 Å². The summed E-state index contributed by atoms with van der Waals surface area (Å²) in [6.45, 7) is 11.7. The molecule has 150 valence electrons. The summed E-state index contributed by atoms with van der Waals surface area (Å²) in [5.41, 5.74) is 2.94. The highest BCUT2D eigenvalue weighted by atomic mass is 28.3. The minimum atomic E-state index is -4.50. The van der Waals surface area contributed by atoms with E-state index in [9.17, 15) is 18.0 Å². The minimum absolute atomic E-state index is 0.121. The van der Waals surface area contributed by atoms with Crippen molar-refractivity contribution in [1.29, 1.82) is 0 Å². The molecule has 0 saturated carbocycles. The second kappa shape index (κ2) is 7.70. The van der Waals surface area contributed by atoms with E-state index >= 15 is 0 Å². The van der Waals surface area contributed by atoms with Gasteiger partial charge in [-0.3, -0.25) is 4.79 Å². The molecule has 2 aromatic carbocycles. The molecule has 0 spiro atoms. The number of hydrogen-bond acceptors (Lipinski definition) is 1. The Morgan fingerprint density at radius 3 is 1.93 bits per heavy atom. The van der Waals surface area contributed by atoms with E-state index in [-0.39, 0.29) is 11.3 Å². The highest BCUT2D eigenvalue weighted by Crippen LogP contribution is 2.36. The van der Waals surface area contributed by atoms with E-state index < -0.39 is 25.2 Å². The van der Waals surface area contributed by atoms with Gasteiger partial charge in [0.2, 0.25) is 0 Å². The third-order valence-corrected chi connectivity index (χ3v) is 5.38. The molecule has 0 radical (unpaired) electrons. The van der Waals surface area contributed by atoms with Crippen LogP contribution in [0.15, 0.2) is 54.2 Å². The monoisotopic (exact) mass is 404 g/mol. The molecule has 0 N–H and O–H groups in total. The molecule has 28 heavy (non-hydrogen) atoms. The zero-order chi connectivity index (χ0) is 21.3. The quantitative estimate of drug-likeness (QED) is 0.388. The van der Waals surface area contributed by atoms with Gasteiger partial charge in [0.05, 0.1) is 13.6 Å². The van der Waals surface area contributed by atoms with Crippen molar-refractivity contribution in [2.75, 3.05) is 0 Å². The van der Waals surface area contributed by atoms with Crippen molar-refractivity contribution in [3.05, 3.63) is 76.5 Å². The van der Waals surface area contributed by atoms with Gasteiger partial charge in [0.15, 0.2) is 5.78 Å². The van der Waals surface area contributed by atoms with Gasteiger partial charge >= 0.3 is 6.18 Å². The first-order valence-electron chi connectivity index (χ1n) is 9.25. The van der Waals surface area contributed by atoms with Crippen molar-refractivity contribution in [2.45, 2.75) is 46.6 Å². The average molecular weight is 405 g/mol. The molecule has 0 aliphatic carbocycles. The number of rotatable bonds is 4. The third-order valence-electron chi connectivity index (χ3n) is 4.23. The van der Waals surface area contributed by atoms with Gasteiger partial charge in [0.1, 0.15) is 0 Å². The van der Waals surface area contributed by atoms with Crippen LogP contribution in [0, 0.1) is 5.41 Å². The molecule has 0 atom stereocenters. The highest BCUT2D eigenvalue weighted by molar-refractivity contribution is 6.81. The van der Waals surface area contributed by atoms with Crippen LogP contribution >= 0.6 is 0 Å². The van der Waals surface area contributed by atoms with Gasteiger partial charge < -0.3 is 0 Å². The summed E-state index contributed by atoms with van der Waals surface area (Å²) in [6, 6.07) is 13.0. The van der Waals surface area contributed by atoms with Gasteiger partial charge in [-0.1, -0.05) is 82.5 Å². The topological polar surface area (TPSA) is 17.1 Å². The molecule has 5 heteroatoms. The van der Waals surface area contributed by atoms with Crippen LogP contribution in [0.5, 0.6) is 0 Å². The maximum Gasteiger partial charge on any atom is 0.416 e. The van der Waals surface area contributed by atoms with Gasteiger partial charge in [0, 0.05) is 11.0 Å². The zero-order valence-corrected chi connectivity index (χ0v) is 18.2. The number of benzene rings is 2. The molecule has 0 aliphatic heterocycles. The van der Waals surface area contributed by atoms with Gasteiger partial charge in [-0.05, 0) is 28.8 Å². The van der Waals surface area contributed by atoms with Crippen LogP contribution < -0.4 is 0 Å². The summed E-state index contributed by atoms with van der Waals surface area (Å²) >= 11 is 0. The smallest absolute Gasteiger partial charge is 0.294 e. The number of carbonyl (C=O) groups is 1. The maximum atomic E-state index is 13.3. The lowest BCUT2D eigenvalue weighted by Crippen LogP contribution is -2.23. The summed E-state index contributed by atoms with van der Waals surface area (Å²) in [5, 5.41) is 0. The largest absolute Gasteiger partial charge is 0.416 e. The lowest BCUT2D eigenvalue weighted by atomic mass is 9.82. The molecule has 0 saturated heterocycles. The van der Waals surface area contributed by atoms with E-state index in [1.165, 1.54) is 6.07 Å². The number of alkyl halides is 3. The van der Waals surface area contributed by atoms with Crippen molar-refractivity contribution < 1.29 is 18.0 Å². The van der Waals surface area contributed by atoms with Crippen molar-refractivity contribution in [2.24, 2.45) is 5.41 Å². The van der Waals surface area contributed by atoms with Gasteiger partial charge in [0.25, 0.3) is 0 Å². The first-order chi connectivity index (χ1) is 12.7. The Hall–Kier alpha value is -2.14. The number of ketones is 1. The Morgan fingerprint density at radius 1 is 0.893 bits per heavy atom. The minimum Gasteiger partial charge on any atom is -0.294 e.